The van der Waals surface area contributed by atoms with Gasteiger partial charge in [-0.3, -0.25) is 0 Å². The molecule has 0 rings (SSSR count). The van der Waals surface area contributed by atoms with Crippen LogP contribution in [0.4, 0.5) is 4.79 Å². The third-order valence-corrected chi connectivity index (χ3v) is 4.34. The minimum atomic E-state index is -2.85. The van der Waals surface area contributed by atoms with Gasteiger partial charge < -0.3 is 23.7 Å². The minimum Gasteiger partial charge on any atom is -0.465 e. The van der Waals surface area contributed by atoms with Crippen molar-refractivity contribution in [1.29, 1.82) is 0 Å². The first-order valence-electron chi connectivity index (χ1n) is 4.98. The first kappa shape index (κ1) is 14.4. The molecular weight excluding hydrogens is 218 g/mol. The van der Waals surface area contributed by atoms with Crippen LogP contribution in [0.2, 0.25) is 0 Å². The van der Waals surface area contributed by atoms with E-state index < -0.39 is 14.9 Å². The van der Waals surface area contributed by atoms with Gasteiger partial charge in [-0.2, -0.15) is 0 Å². The summed E-state index contributed by atoms with van der Waals surface area (Å²) in [6, 6.07) is 0. The second-order valence-corrected chi connectivity index (χ2v) is 5.23. The zero-order valence-corrected chi connectivity index (χ0v) is 10.4. The van der Waals surface area contributed by atoms with E-state index in [0.717, 1.165) is 0 Å². The summed E-state index contributed by atoms with van der Waals surface area (Å²) in [4.78, 5) is 10.4. The fourth-order valence-corrected chi connectivity index (χ4v) is 3.37. The summed E-state index contributed by atoms with van der Waals surface area (Å²) in [7, 11) is -2.85. The third kappa shape index (κ3) is 5.73. The first-order chi connectivity index (χ1) is 7.10. The Labute approximate surface area is 90.9 Å². The van der Waals surface area contributed by atoms with E-state index in [1.165, 1.54) is 0 Å². The van der Waals surface area contributed by atoms with Crippen molar-refractivity contribution in [1.82, 2.24) is 5.32 Å². The van der Waals surface area contributed by atoms with Crippen LogP contribution in [0.3, 0.4) is 0 Å². The van der Waals surface area contributed by atoms with Crippen molar-refractivity contribution in [2.75, 3.05) is 26.0 Å². The summed E-state index contributed by atoms with van der Waals surface area (Å²) in [5.41, 5.74) is 0. The van der Waals surface area contributed by atoms with Gasteiger partial charge in [-0.25, -0.2) is 4.79 Å². The average molecular weight is 237 g/mol. The molecule has 0 radical (unpaired) electrons. The quantitative estimate of drug-likeness (QED) is 0.612. The molecule has 0 spiro atoms. The highest BCUT2D eigenvalue weighted by atomic mass is 28.4. The lowest BCUT2D eigenvalue weighted by Crippen LogP contribution is -2.55. The Balaban J connectivity index is 4.37. The largest absolute Gasteiger partial charge is 0.521 e. The van der Waals surface area contributed by atoms with E-state index in [-0.39, 0.29) is 6.17 Å². The van der Waals surface area contributed by atoms with E-state index in [9.17, 15) is 4.79 Å². The Morgan fingerprint density at radius 2 is 1.53 bits per heavy atom. The molecule has 0 aliphatic carbocycles. The average Bonchev–Trinajstić information content (AvgIpc) is 2.16. The van der Waals surface area contributed by atoms with E-state index in [2.05, 4.69) is 5.32 Å². The number of carboxylic acid groups (broad SMARTS) is 1. The zero-order chi connectivity index (χ0) is 11.7. The Morgan fingerprint density at radius 1 is 1.13 bits per heavy atom. The van der Waals surface area contributed by atoms with Gasteiger partial charge >= 0.3 is 14.9 Å². The van der Waals surface area contributed by atoms with Crippen LogP contribution >= 0.6 is 0 Å². The molecule has 0 bridgehead atoms. The van der Waals surface area contributed by atoms with Gasteiger partial charge in [0.15, 0.2) is 0 Å². The standard InChI is InChI=1S/C8H19NO5Si/c1-4-12-15(13-5-2,14-6-3)7-9-8(10)11/h9H,4-7H2,1-3H3,(H,10,11). The lowest BCUT2D eigenvalue weighted by atomic mass is 10.9. The van der Waals surface area contributed by atoms with Crippen molar-refractivity contribution in [3.05, 3.63) is 0 Å². The number of hydrogen-bond donors (Lipinski definition) is 2. The fraction of sp³-hybridized carbons (Fsp3) is 0.875. The van der Waals surface area contributed by atoms with Gasteiger partial charge in [-0.1, -0.05) is 0 Å². The van der Waals surface area contributed by atoms with Crippen molar-refractivity contribution in [2.45, 2.75) is 20.8 Å². The van der Waals surface area contributed by atoms with E-state index in [1.54, 1.807) is 0 Å². The third-order valence-electron chi connectivity index (χ3n) is 1.55. The van der Waals surface area contributed by atoms with Crippen molar-refractivity contribution >= 4 is 14.9 Å². The van der Waals surface area contributed by atoms with Crippen LogP contribution in [0, 0.1) is 0 Å². The Morgan fingerprint density at radius 3 is 1.80 bits per heavy atom. The Bertz CT molecular complexity index is 173. The van der Waals surface area contributed by atoms with Gasteiger partial charge in [0.25, 0.3) is 0 Å². The molecular formula is C8H19NO5Si. The molecule has 6 nitrogen and oxygen atoms in total. The molecule has 0 aliphatic heterocycles. The predicted octanol–water partition coefficient (Wildman–Crippen LogP) is 0.842. The monoisotopic (exact) mass is 237 g/mol. The molecule has 2 N–H and O–H groups in total. The van der Waals surface area contributed by atoms with Gasteiger partial charge in [0.1, 0.15) is 0 Å². The summed E-state index contributed by atoms with van der Waals surface area (Å²) in [5, 5.41) is 10.8. The molecule has 0 saturated carbocycles. The van der Waals surface area contributed by atoms with Crippen LogP contribution in [-0.4, -0.2) is 46.0 Å². The smallest absolute Gasteiger partial charge is 0.465 e. The number of rotatable bonds is 8. The maximum Gasteiger partial charge on any atom is 0.521 e. The summed E-state index contributed by atoms with van der Waals surface area (Å²) < 4.78 is 16.3. The van der Waals surface area contributed by atoms with Crippen LogP contribution in [0.5, 0.6) is 0 Å². The van der Waals surface area contributed by atoms with Crippen molar-refractivity contribution < 1.29 is 23.2 Å². The van der Waals surface area contributed by atoms with Gasteiger partial charge in [-0.15, -0.1) is 0 Å². The fourth-order valence-electron chi connectivity index (χ4n) is 1.12. The first-order valence-corrected chi connectivity index (χ1v) is 6.92. The van der Waals surface area contributed by atoms with E-state index in [1.807, 2.05) is 20.8 Å². The Kier molecular flexibility index (Phi) is 7.31. The van der Waals surface area contributed by atoms with E-state index in [0.29, 0.717) is 19.8 Å². The SMILES string of the molecule is CCO[Si](CNC(=O)O)(OCC)OCC. The van der Waals surface area contributed by atoms with E-state index in [4.69, 9.17) is 18.4 Å². The number of amides is 1. The van der Waals surface area contributed by atoms with Crippen LogP contribution in [0.1, 0.15) is 20.8 Å². The van der Waals surface area contributed by atoms with E-state index >= 15 is 0 Å². The molecule has 7 heteroatoms. The lowest BCUT2D eigenvalue weighted by molar-refractivity contribution is 0.0697. The lowest BCUT2D eigenvalue weighted by Gasteiger charge is -2.27. The second kappa shape index (κ2) is 7.63. The maximum absolute atomic E-state index is 10.4. The van der Waals surface area contributed by atoms with Gasteiger partial charge in [0.2, 0.25) is 0 Å². The molecule has 0 saturated heterocycles. The summed E-state index contributed by atoms with van der Waals surface area (Å²) in [5.74, 6) is 0. The highest BCUT2D eigenvalue weighted by Gasteiger charge is 2.40. The molecule has 0 aliphatic rings. The van der Waals surface area contributed by atoms with Crippen LogP contribution in [0.25, 0.3) is 0 Å². The predicted molar refractivity (Wildman–Crippen MR) is 56.7 cm³/mol. The Hall–Kier alpha value is -0.633. The van der Waals surface area contributed by atoms with Crippen LogP contribution in [0.15, 0.2) is 0 Å². The van der Waals surface area contributed by atoms with Crippen molar-refractivity contribution in [2.24, 2.45) is 0 Å². The topological polar surface area (TPSA) is 77.0 Å². The maximum atomic E-state index is 10.4. The molecule has 0 unspecified atom stereocenters. The minimum absolute atomic E-state index is 0.0812. The molecule has 0 aromatic heterocycles. The summed E-state index contributed by atoms with van der Waals surface area (Å²) >= 11 is 0. The molecule has 0 fully saturated rings. The summed E-state index contributed by atoms with van der Waals surface area (Å²) in [6.07, 6.45) is -1.02. The normalized spacial score (nSPS) is 11.4. The van der Waals surface area contributed by atoms with Crippen molar-refractivity contribution in [3.8, 4) is 0 Å². The number of hydrogen-bond acceptors (Lipinski definition) is 4. The summed E-state index contributed by atoms with van der Waals surface area (Å²) in [6.45, 7) is 6.77. The van der Waals surface area contributed by atoms with Crippen molar-refractivity contribution in [3.63, 3.8) is 0 Å². The van der Waals surface area contributed by atoms with Gasteiger partial charge in [0.05, 0.1) is 6.17 Å². The molecule has 0 aromatic rings. The molecule has 0 heterocycles. The zero-order valence-electron chi connectivity index (χ0n) is 9.41. The molecule has 90 valence electrons. The van der Waals surface area contributed by atoms with Gasteiger partial charge in [-0.05, 0) is 20.8 Å². The highest BCUT2D eigenvalue weighted by Crippen LogP contribution is 2.08. The van der Waals surface area contributed by atoms with Crippen LogP contribution < -0.4 is 5.32 Å². The van der Waals surface area contributed by atoms with Crippen LogP contribution in [-0.2, 0) is 13.3 Å². The highest BCUT2D eigenvalue weighted by molar-refractivity contribution is 6.61. The number of nitrogens with one attached hydrogen (secondary N) is 1. The molecule has 15 heavy (non-hydrogen) atoms. The number of carbonyl (C=O) groups is 1. The molecule has 0 atom stereocenters. The second-order valence-electron chi connectivity index (χ2n) is 2.64. The molecule has 0 aromatic carbocycles. The molecule has 1 amide bonds. The van der Waals surface area contributed by atoms with Gasteiger partial charge in [0, 0.05) is 19.8 Å².